The van der Waals surface area contributed by atoms with Crippen LogP contribution in [0.1, 0.15) is 22.3 Å². The summed E-state index contributed by atoms with van der Waals surface area (Å²) in [5.41, 5.74) is 11.7. The van der Waals surface area contributed by atoms with E-state index < -0.39 is 0 Å². The minimum absolute atomic E-state index is 0.400. The van der Waals surface area contributed by atoms with Gasteiger partial charge >= 0.3 is 0 Å². The second-order valence-electron chi connectivity index (χ2n) is 15.0. The number of para-hydroxylation sites is 2. The molecule has 0 saturated heterocycles. The van der Waals surface area contributed by atoms with Gasteiger partial charge in [0, 0.05) is 66.6 Å². The lowest BCUT2D eigenvalue weighted by molar-refractivity contribution is 0.669. The lowest BCUT2D eigenvalue weighted by Crippen LogP contribution is -1.96. The summed E-state index contributed by atoms with van der Waals surface area (Å²) in [6.07, 6.45) is 0. The lowest BCUT2D eigenvalue weighted by atomic mass is 10.00. The van der Waals surface area contributed by atoms with E-state index in [1.807, 2.05) is 60.7 Å². The summed E-state index contributed by atoms with van der Waals surface area (Å²) < 4.78 is 16.9. The zero-order valence-electron chi connectivity index (χ0n) is 31.4. The molecule has 0 N–H and O–H groups in total. The summed E-state index contributed by atoms with van der Waals surface area (Å²) in [6, 6.07) is 56.7. The van der Waals surface area contributed by atoms with E-state index in [4.69, 9.17) is 8.83 Å². The van der Waals surface area contributed by atoms with Crippen LogP contribution in [0.3, 0.4) is 0 Å². The monoisotopic (exact) mass is 764 g/mol. The van der Waals surface area contributed by atoms with E-state index in [1.165, 1.54) is 0 Å². The van der Waals surface area contributed by atoms with E-state index in [1.54, 1.807) is 12.1 Å². The van der Waals surface area contributed by atoms with Crippen LogP contribution < -0.4 is 0 Å². The van der Waals surface area contributed by atoms with Crippen LogP contribution in [0.4, 0.5) is 0 Å². The van der Waals surface area contributed by atoms with Gasteiger partial charge in [0.2, 0.25) is 0 Å². The number of rotatable bonds is 3. The largest absolute Gasteiger partial charge is 0.456 e. The second kappa shape index (κ2) is 12.2. The number of hydrogen-bond donors (Lipinski definition) is 0. The molecule has 0 aliphatic heterocycles. The molecular weight excluding hydrogens is 741 g/mol. The molecular formula is C52H24N6O2. The van der Waals surface area contributed by atoms with Crippen LogP contribution in [0.5, 0.6) is 0 Å². The Morgan fingerprint density at radius 3 is 1.10 bits per heavy atom. The molecule has 0 fully saturated rings. The van der Waals surface area contributed by atoms with E-state index in [9.17, 15) is 21.0 Å². The van der Waals surface area contributed by atoms with Crippen LogP contribution >= 0.6 is 0 Å². The number of benzene rings is 8. The maximum atomic E-state index is 9.92. The topological polar surface area (TPSA) is 131 Å². The Labute approximate surface area is 340 Å². The Bertz CT molecular complexity index is 3740. The van der Waals surface area contributed by atoms with Crippen molar-refractivity contribution in [1.82, 2.24) is 9.13 Å². The zero-order chi connectivity index (χ0) is 40.2. The van der Waals surface area contributed by atoms with E-state index in [-0.39, 0.29) is 0 Å². The van der Waals surface area contributed by atoms with Crippen molar-refractivity contribution in [3.8, 4) is 46.8 Å². The molecule has 0 spiro atoms. The van der Waals surface area contributed by atoms with Crippen LogP contribution in [0.2, 0.25) is 0 Å². The SMILES string of the molecule is N#Cc1cc(C#N)cc(-n2c3ccc(-c4ccc5c(c4)c4cc6c(cc4n5-c4cc(C#N)cc(C#N)c4)oc4ccccc46)cc3c3cc4c(cc32)oc2ccccc24)c1. The molecule has 8 aromatic carbocycles. The number of furan rings is 2. The molecule has 0 unspecified atom stereocenters. The summed E-state index contributed by atoms with van der Waals surface area (Å²) in [5.74, 6) is 0. The number of aromatic nitrogens is 2. The third kappa shape index (κ3) is 4.68. The van der Waals surface area contributed by atoms with Gasteiger partial charge in [0.15, 0.2) is 0 Å². The summed E-state index contributed by atoms with van der Waals surface area (Å²) in [5, 5.41) is 47.7. The Hall–Kier alpha value is -9.08. The smallest absolute Gasteiger partial charge is 0.137 e. The number of nitrogens with zero attached hydrogens (tertiary/aromatic N) is 6. The van der Waals surface area contributed by atoms with Gasteiger partial charge in [-0.05, 0) is 96.1 Å². The quantitative estimate of drug-likeness (QED) is 0.176. The van der Waals surface area contributed by atoms with Crippen molar-refractivity contribution in [3.05, 3.63) is 168 Å². The highest BCUT2D eigenvalue weighted by Gasteiger charge is 2.21. The standard InChI is InChI=1S/C52H24N6O2/c53-25-29-13-30(26-54)16-35(15-29)57-45-11-9-33(19-39(45)41-21-43-37-5-1-3-7-49(37)59-51(43)23-47(41)57)34-10-12-46-40(20-34)42-22-44-38-6-2-4-8-50(38)60-52(44)24-48(42)58(46)36-17-31(27-55)14-32(18-36)28-56/h1-24H. The molecule has 60 heavy (non-hydrogen) atoms. The molecule has 12 aromatic rings. The Morgan fingerprint density at radius 2 is 0.700 bits per heavy atom. The molecule has 274 valence electrons. The van der Waals surface area contributed by atoms with Crippen LogP contribution in [0, 0.1) is 45.3 Å². The lowest BCUT2D eigenvalue weighted by Gasteiger charge is -2.10. The van der Waals surface area contributed by atoms with E-state index >= 15 is 0 Å². The second-order valence-corrected chi connectivity index (χ2v) is 15.0. The van der Waals surface area contributed by atoms with Gasteiger partial charge in [0.05, 0.1) is 68.6 Å². The first kappa shape index (κ1) is 33.1. The third-order valence-electron chi connectivity index (χ3n) is 11.7. The molecule has 0 saturated carbocycles. The molecule has 12 rings (SSSR count). The summed E-state index contributed by atoms with van der Waals surface area (Å²) in [4.78, 5) is 0. The highest BCUT2D eigenvalue weighted by molar-refractivity contribution is 6.20. The van der Waals surface area contributed by atoms with Crippen LogP contribution in [-0.2, 0) is 0 Å². The van der Waals surface area contributed by atoms with E-state index in [2.05, 4.69) is 106 Å². The van der Waals surface area contributed by atoms with Gasteiger partial charge in [0.1, 0.15) is 22.3 Å². The van der Waals surface area contributed by atoms with Crippen molar-refractivity contribution in [2.45, 2.75) is 0 Å². The average Bonchev–Trinajstić information content (AvgIpc) is 4.03. The van der Waals surface area contributed by atoms with Crippen molar-refractivity contribution in [2.24, 2.45) is 0 Å². The van der Waals surface area contributed by atoms with Crippen LogP contribution in [-0.4, -0.2) is 9.13 Å². The summed E-state index contributed by atoms with van der Waals surface area (Å²) in [7, 11) is 0. The third-order valence-corrected chi connectivity index (χ3v) is 11.7. The predicted molar refractivity (Wildman–Crippen MR) is 234 cm³/mol. The highest BCUT2D eigenvalue weighted by atomic mass is 16.3. The fourth-order valence-electron chi connectivity index (χ4n) is 9.13. The number of fused-ring (bicyclic) bond motifs is 12. The van der Waals surface area contributed by atoms with Gasteiger partial charge in [0.25, 0.3) is 0 Å². The molecule has 0 radical (unpaired) electrons. The van der Waals surface area contributed by atoms with Crippen molar-refractivity contribution < 1.29 is 8.83 Å². The van der Waals surface area contributed by atoms with Gasteiger partial charge < -0.3 is 18.0 Å². The van der Waals surface area contributed by atoms with Crippen molar-refractivity contribution in [2.75, 3.05) is 0 Å². The van der Waals surface area contributed by atoms with Crippen LogP contribution in [0.15, 0.2) is 154 Å². The Morgan fingerprint density at radius 1 is 0.317 bits per heavy atom. The number of nitriles is 4. The molecule has 0 aliphatic carbocycles. The summed E-state index contributed by atoms with van der Waals surface area (Å²) in [6.45, 7) is 0. The molecule has 8 heteroatoms. The Balaban J connectivity index is 1.14. The minimum atomic E-state index is 0.400. The van der Waals surface area contributed by atoms with E-state index in [0.29, 0.717) is 33.6 Å². The van der Waals surface area contributed by atoms with Gasteiger partial charge in [-0.1, -0.05) is 48.5 Å². The maximum Gasteiger partial charge on any atom is 0.137 e. The maximum absolute atomic E-state index is 9.92. The van der Waals surface area contributed by atoms with Gasteiger partial charge in [-0.25, -0.2) is 0 Å². The Kier molecular flexibility index (Phi) is 6.73. The van der Waals surface area contributed by atoms with Gasteiger partial charge in [-0.3, -0.25) is 0 Å². The van der Waals surface area contributed by atoms with Gasteiger partial charge in [-0.15, -0.1) is 0 Å². The number of hydrogen-bond acceptors (Lipinski definition) is 6. The molecule has 0 bridgehead atoms. The molecule has 4 heterocycles. The molecule has 4 aromatic heterocycles. The van der Waals surface area contributed by atoms with Crippen molar-refractivity contribution >= 4 is 87.5 Å². The molecule has 0 aliphatic rings. The van der Waals surface area contributed by atoms with Crippen molar-refractivity contribution in [1.29, 1.82) is 21.0 Å². The normalized spacial score (nSPS) is 11.6. The first-order chi connectivity index (χ1) is 29.5. The fourth-order valence-corrected chi connectivity index (χ4v) is 9.13. The zero-order valence-corrected chi connectivity index (χ0v) is 31.4. The first-order valence-corrected chi connectivity index (χ1v) is 19.2. The molecule has 0 amide bonds. The predicted octanol–water partition coefficient (Wildman–Crippen LogP) is 12.8. The highest BCUT2D eigenvalue weighted by Crippen LogP contribution is 2.43. The average molecular weight is 765 g/mol. The summed E-state index contributed by atoms with van der Waals surface area (Å²) >= 11 is 0. The van der Waals surface area contributed by atoms with Crippen molar-refractivity contribution in [3.63, 3.8) is 0 Å². The van der Waals surface area contributed by atoms with E-state index in [0.717, 1.165) is 98.6 Å². The first-order valence-electron chi connectivity index (χ1n) is 19.2. The van der Waals surface area contributed by atoms with Gasteiger partial charge in [-0.2, -0.15) is 21.0 Å². The van der Waals surface area contributed by atoms with Crippen LogP contribution in [0.25, 0.3) is 110 Å². The molecule has 0 atom stereocenters. The minimum Gasteiger partial charge on any atom is -0.456 e. The fraction of sp³-hybridized carbons (Fsp3) is 0. The molecule has 8 nitrogen and oxygen atoms in total.